The van der Waals surface area contributed by atoms with Crippen molar-refractivity contribution in [3.8, 4) is 11.1 Å². The summed E-state index contributed by atoms with van der Waals surface area (Å²) in [6.07, 6.45) is 2.93. The van der Waals surface area contributed by atoms with Crippen molar-refractivity contribution >= 4 is 23.9 Å². The number of aliphatic carboxylic acids is 1. The number of carboxylic acids is 1. The van der Waals surface area contributed by atoms with Gasteiger partial charge in [-0.15, -0.1) is 0 Å². The Kier molecular flexibility index (Phi) is 6.74. The number of nitrogens with zero attached hydrogens (tertiary/aromatic N) is 3. The molecule has 0 spiro atoms. The van der Waals surface area contributed by atoms with Gasteiger partial charge < -0.3 is 19.6 Å². The number of hydrogen-bond donors (Lipinski definition) is 1. The van der Waals surface area contributed by atoms with Gasteiger partial charge in [0.1, 0.15) is 24.7 Å². The zero-order chi connectivity index (χ0) is 27.1. The van der Waals surface area contributed by atoms with Crippen LogP contribution in [0, 0.1) is 0 Å². The molecule has 3 amide bonds. The second-order valence-corrected chi connectivity index (χ2v) is 10.9. The number of carbonyl (C=O) groups is 4. The SMILES string of the molecule is O=C(O)C1CCCN1C(=O)C1CCCN1C(=O)C1CCCN1C(=O)OCC1c2ccccc2-c2ccccc21. The van der Waals surface area contributed by atoms with Gasteiger partial charge in [0.05, 0.1) is 0 Å². The number of hydrogen-bond acceptors (Lipinski definition) is 5. The van der Waals surface area contributed by atoms with E-state index in [9.17, 15) is 24.3 Å². The zero-order valence-corrected chi connectivity index (χ0v) is 21.8. The Bertz CT molecular complexity index is 1270. The molecule has 2 aromatic rings. The molecule has 0 saturated carbocycles. The van der Waals surface area contributed by atoms with Crippen LogP contribution in [0.3, 0.4) is 0 Å². The number of carboxylic acid groups (broad SMARTS) is 1. The lowest BCUT2D eigenvalue weighted by atomic mass is 9.98. The number of fused-ring (bicyclic) bond motifs is 3. The average Bonchev–Trinajstić information content (AvgIpc) is 3.76. The Morgan fingerprint density at radius 1 is 0.692 bits per heavy atom. The Labute approximate surface area is 227 Å². The van der Waals surface area contributed by atoms with Crippen molar-refractivity contribution in [1.82, 2.24) is 14.7 Å². The Morgan fingerprint density at radius 3 is 1.72 bits per heavy atom. The second kappa shape index (κ2) is 10.4. The molecule has 1 aliphatic carbocycles. The smallest absolute Gasteiger partial charge is 0.410 e. The molecule has 39 heavy (non-hydrogen) atoms. The quantitative estimate of drug-likeness (QED) is 0.633. The van der Waals surface area contributed by atoms with E-state index in [1.54, 1.807) is 4.90 Å². The third-order valence-electron chi connectivity index (χ3n) is 8.75. The molecule has 1 N–H and O–H groups in total. The van der Waals surface area contributed by atoms with Crippen molar-refractivity contribution in [2.24, 2.45) is 0 Å². The molecule has 9 nitrogen and oxygen atoms in total. The van der Waals surface area contributed by atoms with Crippen LogP contribution in [0.25, 0.3) is 11.1 Å². The summed E-state index contributed by atoms with van der Waals surface area (Å²) in [4.78, 5) is 56.4. The first-order valence-corrected chi connectivity index (χ1v) is 13.9. The normalized spacial score (nSPS) is 24.1. The van der Waals surface area contributed by atoms with Crippen molar-refractivity contribution in [3.05, 3.63) is 59.7 Å². The van der Waals surface area contributed by atoms with Gasteiger partial charge in [0.15, 0.2) is 0 Å². The second-order valence-electron chi connectivity index (χ2n) is 10.9. The lowest BCUT2D eigenvalue weighted by Gasteiger charge is -2.33. The summed E-state index contributed by atoms with van der Waals surface area (Å²) in [6.45, 7) is 1.42. The average molecular weight is 532 g/mol. The molecule has 204 valence electrons. The molecule has 6 rings (SSSR count). The Balaban J connectivity index is 1.13. The summed E-state index contributed by atoms with van der Waals surface area (Å²) in [5, 5.41) is 9.52. The van der Waals surface area contributed by atoms with Crippen molar-refractivity contribution in [3.63, 3.8) is 0 Å². The number of rotatable bonds is 5. The van der Waals surface area contributed by atoms with Gasteiger partial charge in [0, 0.05) is 25.6 Å². The maximum absolute atomic E-state index is 13.7. The summed E-state index contributed by atoms with van der Waals surface area (Å²) in [7, 11) is 0. The van der Waals surface area contributed by atoms with E-state index >= 15 is 0 Å². The van der Waals surface area contributed by atoms with E-state index in [1.165, 1.54) is 9.80 Å². The topological polar surface area (TPSA) is 107 Å². The number of benzene rings is 2. The standard InChI is InChI=1S/C30H33N3O6/c34-27(32-16-7-14-26(32)29(36)37)24-12-5-15-31(24)28(35)25-13-6-17-33(25)30(38)39-18-23-21-10-3-1-8-19(21)20-9-2-4-11-22(20)23/h1-4,8-11,23-26H,5-7,12-18H2,(H,36,37). The number of amides is 3. The zero-order valence-electron chi connectivity index (χ0n) is 21.8. The fourth-order valence-corrected chi connectivity index (χ4v) is 6.88. The highest BCUT2D eigenvalue weighted by Gasteiger charge is 2.46. The summed E-state index contributed by atoms with van der Waals surface area (Å²) >= 11 is 0. The minimum absolute atomic E-state index is 0.0682. The predicted molar refractivity (Wildman–Crippen MR) is 142 cm³/mol. The van der Waals surface area contributed by atoms with Gasteiger partial charge in [0.25, 0.3) is 0 Å². The first kappa shape index (κ1) is 25.4. The maximum Gasteiger partial charge on any atom is 0.410 e. The predicted octanol–water partition coefficient (Wildman–Crippen LogP) is 3.47. The van der Waals surface area contributed by atoms with Crippen LogP contribution in [0.4, 0.5) is 4.79 Å². The molecule has 4 aliphatic rings. The first-order valence-electron chi connectivity index (χ1n) is 13.9. The molecule has 9 heteroatoms. The minimum atomic E-state index is -1.01. The summed E-state index contributed by atoms with van der Waals surface area (Å²) < 4.78 is 5.84. The third kappa shape index (κ3) is 4.43. The van der Waals surface area contributed by atoms with E-state index in [4.69, 9.17) is 4.74 Å². The van der Waals surface area contributed by atoms with Crippen LogP contribution in [-0.2, 0) is 19.1 Å². The number of ether oxygens (including phenoxy) is 1. The third-order valence-corrected chi connectivity index (χ3v) is 8.75. The van der Waals surface area contributed by atoms with Crippen LogP contribution in [0.2, 0.25) is 0 Å². The van der Waals surface area contributed by atoms with Gasteiger partial charge in [-0.2, -0.15) is 0 Å². The molecule has 0 bridgehead atoms. The van der Waals surface area contributed by atoms with E-state index in [2.05, 4.69) is 24.3 Å². The molecule has 3 fully saturated rings. The van der Waals surface area contributed by atoms with E-state index in [-0.39, 0.29) is 24.3 Å². The van der Waals surface area contributed by atoms with Gasteiger partial charge in [-0.05, 0) is 60.8 Å². The van der Waals surface area contributed by atoms with Crippen LogP contribution < -0.4 is 0 Å². The van der Waals surface area contributed by atoms with E-state index < -0.39 is 30.2 Å². The minimum Gasteiger partial charge on any atom is -0.480 e. The summed E-state index contributed by atoms with van der Waals surface area (Å²) in [5.41, 5.74) is 4.55. The van der Waals surface area contributed by atoms with Gasteiger partial charge >= 0.3 is 12.1 Å². The molecule has 3 saturated heterocycles. The lowest BCUT2D eigenvalue weighted by Crippen LogP contribution is -2.55. The summed E-state index contributed by atoms with van der Waals surface area (Å²) in [5.74, 6) is -1.62. The van der Waals surface area contributed by atoms with Crippen molar-refractivity contribution < 1.29 is 29.0 Å². The molecule has 2 aromatic carbocycles. The first-order chi connectivity index (χ1) is 19.0. The summed E-state index contributed by atoms with van der Waals surface area (Å²) in [6, 6.07) is 14.1. The highest BCUT2D eigenvalue weighted by atomic mass is 16.6. The van der Waals surface area contributed by atoms with E-state index in [0.717, 1.165) is 22.3 Å². The van der Waals surface area contributed by atoms with Crippen LogP contribution in [0.5, 0.6) is 0 Å². The van der Waals surface area contributed by atoms with Gasteiger partial charge in [-0.1, -0.05) is 48.5 Å². The highest BCUT2D eigenvalue weighted by Crippen LogP contribution is 2.44. The highest BCUT2D eigenvalue weighted by molar-refractivity contribution is 5.94. The van der Waals surface area contributed by atoms with Gasteiger partial charge in [-0.25, -0.2) is 9.59 Å². The van der Waals surface area contributed by atoms with Crippen molar-refractivity contribution in [2.45, 2.75) is 62.6 Å². The fourth-order valence-electron chi connectivity index (χ4n) is 6.88. The molecular weight excluding hydrogens is 498 g/mol. The molecular formula is C30H33N3O6. The molecule has 3 atom stereocenters. The molecule has 3 heterocycles. The monoisotopic (exact) mass is 531 g/mol. The largest absolute Gasteiger partial charge is 0.480 e. The Hall–Kier alpha value is -3.88. The Morgan fingerprint density at radius 2 is 1.15 bits per heavy atom. The molecule has 0 radical (unpaired) electrons. The fraction of sp³-hybridized carbons (Fsp3) is 0.467. The molecule has 0 aromatic heterocycles. The van der Waals surface area contributed by atoms with Crippen LogP contribution in [0.15, 0.2) is 48.5 Å². The molecule has 3 unspecified atom stereocenters. The van der Waals surface area contributed by atoms with Gasteiger partial charge in [-0.3, -0.25) is 14.5 Å². The van der Waals surface area contributed by atoms with Crippen LogP contribution >= 0.6 is 0 Å². The van der Waals surface area contributed by atoms with Crippen molar-refractivity contribution in [1.29, 1.82) is 0 Å². The maximum atomic E-state index is 13.7. The van der Waals surface area contributed by atoms with E-state index in [0.29, 0.717) is 58.2 Å². The molecule has 3 aliphatic heterocycles. The van der Waals surface area contributed by atoms with Crippen LogP contribution in [-0.4, -0.2) is 88.0 Å². The number of carbonyl (C=O) groups excluding carboxylic acids is 3. The van der Waals surface area contributed by atoms with E-state index in [1.807, 2.05) is 24.3 Å². The lowest BCUT2D eigenvalue weighted by molar-refractivity contribution is -0.152. The number of likely N-dealkylation sites (tertiary alicyclic amines) is 3. The van der Waals surface area contributed by atoms with Crippen LogP contribution in [0.1, 0.15) is 55.6 Å². The van der Waals surface area contributed by atoms with Crippen molar-refractivity contribution in [2.75, 3.05) is 26.2 Å². The van der Waals surface area contributed by atoms with Gasteiger partial charge in [0.2, 0.25) is 11.8 Å².